The van der Waals surface area contributed by atoms with Gasteiger partial charge in [-0.3, -0.25) is 4.98 Å². The SMILES string of the molecule is NC1CCN(c2c[nH]c3cccnc23)C(S(=O)(=O)c2cccc(N3CCCC3)c2)C1. The predicted molar refractivity (Wildman–Crippen MR) is 120 cm³/mol. The highest BCUT2D eigenvalue weighted by Crippen LogP contribution is 2.35. The molecule has 158 valence electrons. The van der Waals surface area contributed by atoms with Gasteiger partial charge in [0.25, 0.3) is 0 Å². The third kappa shape index (κ3) is 3.33. The van der Waals surface area contributed by atoms with Gasteiger partial charge in [-0.2, -0.15) is 0 Å². The van der Waals surface area contributed by atoms with Crippen molar-refractivity contribution >= 4 is 32.2 Å². The molecular formula is C22H27N5O2S. The molecule has 0 saturated carbocycles. The summed E-state index contributed by atoms with van der Waals surface area (Å²) >= 11 is 0. The summed E-state index contributed by atoms with van der Waals surface area (Å²) in [7, 11) is -3.61. The van der Waals surface area contributed by atoms with E-state index in [9.17, 15) is 8.42 Å². The van der Waals surface area contributed by atoms with Gasteiger partial charge in [0.15, 0.2) is 9.84 Å². The molecule has 0 radical (unpaired) electrons. The van der Waals surface area contributed by atoms with Gasteiger partial charge in [-0.1, -0.05) is 6.07 Å². The number of anilines is 2. The van der Waals surface area contributed by atoms with E-state index in [-0.39, 0.29) is 6.04 Å². The van der Waals surface area contributed by atoms with Crippen LogP contribution in [0.25, 0.3) is 11.0 Å². The minimum atomic E-state index is -3.61. The number of benzene rings is 1. The van der Waals surface area contributed by atoms with E-state index in [1.807, 2.05) is 41.4 Å². The molecule has 0 spiro atoms. The zero-order valence-corrected chi connectivity index (χ0v) is 17.7. The number of nitrogens with two attached hydrogens (primary N) is 1. The van der Waals surface area contributed by atoms with E-state index in [1.165, 1.54) is 0 Å². The first-order chi connectivity index (χ1) is 14.5. The molecule has 2 saturated heterocycles. The summed E-state index contributed by atoms with van der Waals surface area (Å²) in [6.07, 6.45) is 7.04. The van der Waals surface area contributed by atoms with Crippen LogP contribution in [-0.4, -0.2) is 49.4 Å². The maximum absolute atomic E-state index is 13.8. The molecule has 4 heterocycles. The summed E-state index contributed by atoms with van der Waals surface area (Å²) in [6.45, 7) is 2.54. The molecule has 2 aromatic heterocycles. The lowest BCUT2D eigenvalue weighted by Gasteiger charge is -2.39. The lowest BCUT2D eigenvalue weighted by atomic mass is 10.1. The largest absolute Gasteiger partial charge is 0.372 e. The first kappa shape index (κ1) is 19.4. The zero-order chi connectivity index (χ0) is 20.7. The average molecular weight is 426 g/mol. The summed E-state index contributed by atoms with van der Waals surface area (Å²) in [6, 6.07) is 11.1. The number of pyridine rings is 1. The van der Waals surface area contributed by atoms with Crippen molar-refractivity contribution < 1.29 is 8.42 Å². The smallest absolute Gasteiger partial charge is 0.199 e. The molecule has 0 bridgehead atoms. The number of aromatic nitrogens is 2. The van der Waals surface area contributed by atoms with Crippen LogP contribution in [0.2, 0.25) is 0 Å². The van der Waals surface area contributed by atoms with Crippen LogP contribution in [0.3, 0.4) is 0 Å². The number of aromatic amines is 1. The number of fused-ring (bicyclic) bond motifs is 1. The fourth-order valence-electron chi connectivity index (χ4n) is 4.67. The number of piperidine rings is 1. The lowest BCUT2D eigenvalue weighted by Crippen LogP contribution is -2.50. The molecule has 1 aromatic carbocycles. The standard InChI is InChI=1S/C22H27N5O2S/c23-16-8-12-27(20-15-25-19-7-4-9-24-22(19)20)21(13-16)30(28,29)18-6-3-5-17(14-18)26-10-1-2-11-26/h3-7,9,14-16,21,25H,1-2,8,10-13,23H2. The van der Waals surface area contributed by atoms with Crippen LogP contribution in [0.4, 0.5) is 11.4 Å². The van der Waals surface area contributed by atoms with Crippen molar-refractivity contribution in [3.63, 3.8) is 0 Å². The van der Waals surface area contributed by atoms with Crippen LogP contribution in [0, 0.1) is 0 Å². The van der Waals surface area contributed by atoms with Gasteiger partial charge in [0, 0.05) is 43.8 Å². The zero-order valence-electron chi connectivity index (χ0n) is 16.9. The Labute approximate surface area is 176 Å². The van der Waals surface area contributed by atoms with Gasteiger partial charge in [-0.15, -0.1) is 0 Å². The Balaban J connectivity index is 1.54. The first-order valence-electron chi connectivity index (χ1n) is 10.6. The van der Waals surface area contributed by atoms with Crippen molar-refractivity contribution in [3.8, 4) is 0 Å². The van der Waals surface area contributed by atoms with Gasteiger partial charge in [-0.05, 0) is 56.0 Å². The van der Waals surface area contributed by atoms with Crippen molar-refractivity contribution in [2.45, 2.75) is 42.0 Å². The third-order valence-corrected chi connectivity index (χ3v) is 8.37. The molecule has 2 aliphatic rings. The summed E-state index contributed by atoms with van der Waals surface area (Å²) in [5.41, 5.74) is 9.72. The quantitative estimate of drug-likeness (QED) is 0.667. The molecule has 0 aliphatic carbocycles. The number of sulfone groups is 1. The molecule has 2 fully saturated rings. The topological polar surface area (TPSA) is 95.3 Å². The maximum Gasteiger partial charge on any atom is 0.199 e. The highest BCUT2D eigenvalue weighted by atomic mass is 32.2. The van der Waals surface area contributed by atoms with Crippen molar-refractivity contribution in [3.05, 3.63) is 48.8 Å². The highest BCUT2D eigenvalue weighted by Gasteiger charge is 2.39. The van der Waals surface area contributed by atoms with Gasteiger partial charge in [0.1, 0.15) is 10.9 Å². The summed E-state index contributed by atoms with van der Waals surface area (Å²) in [5.74, 6) is 0. The van der Waals surface area contributed by atoms with E-state index >= 15 is 0 Å². The van der Waals surface area contributed by atoms with Crippen molar-refractivity contribution in [1.82, 2.24) is 9.97 Å². The summed E-state index contributed by atoms with van der Waals surface area (Å²) in [4.78, 5) is 12.3. The fraction of sp³-hybridized carbons (Fsp3) is 0.409. The van der Waals surface area contributed by atoms with Crippen LogP contribution in [-0.2, 0) is 9.84 Å². The van der Waals surface area contributed by atoms with E-state index < -0.39 is 15.2 Å². The van der Waals surface area contributed by atoms with E-state index in [1.54, 1.807) is 12.3 Å². The predicted octanol–water partition coefficient (Wildman–Crippen LogP) is 2.89. The van der Waals surface area contributed by atoms with Gasteiger partial charge in [0.05, 0.1) is 16.1 Å². The van der Waals surface area contributed by atoms with Gasteiger partial charge >= 0.3 is 0 Å². The molecule has 2 unspecified atom stereocenters. The summed E-state index contributed by atoms with van der Waals surface area (Å²) < 4.78 is 27.6. The number of H-pyrrole nitrogens is 1. The van der Waals surface area contributed by atoms with Gasteiger partial charge < -0.3 is 20.5 Å². The molecule has 8 heteroatoms. The van der Waals surface area contributed by atoms with Crippen LogP contribution in [0.15, 0.2) is 53.7 Å². The normalized spacial score (nSPS) is 22.7. The van der Waals surface area contributed by atoms with E-state index in [4.69, 9.17) is 5.73 Å². The average Bonchev–Trinajstić information content (AvgIpc) is 3.44. The molecule has 5 rings (SSSR count). The highest BCUT2D eigenvalue weighted by molar-refractivity contribution is 7.92. The fourth-order valence-corrected chi connectivity index (χ4v) is 6.59. The molecule has 2 aliphatic heterocycles. The van der Waals surface area contributed by atoms with Crippen LogP contribution < -0.4 is 15.5 Å². The Bertz CT molecular complexity index is 1150. The van der Waals surface area contributed by atoms with Crippen LogP contribution >= 0.6 is 0 Å². The van der Waals surface area contributed by atoms with Crippen molar-refractivity contribution in [2.75, 3.05) is 29.4 Å². The Morgan fingerprint density at radius 1 is 1.10 bits per heavy atom. The second kappa shape index (κ2) is 7.59. The second-order valence-corrected chi connectivity index (χ2v) is 10.3. The monoisotopic (exact) mass is 425 g/mol. The molecule has 0 amide bonds. The molecule has 7 nitrogen and oxygen atoms in total. The van der Waals surface area contributed by atoms with Crippen LogP contribution in [0.1, 0.15) is 25.7 Å². The Morgan fingerprint density at radius 2 is 1.93 bits per heavy atom. The third-order valence-electron chi connectivity index (χ3n) is 6.29. The van der Waals surface area contributed by atoms with Crippen molar-refractivity contribution in [1.29, 1.82) is 0 Å². The molecule has 3 N–H and O–H groups in total. The van der Waals surface area contributed by atoms with E-state index in [0.29, 0.717) is 17.9 Å². The van der Waals surface area contributed by atoms with Crippen molar-refractivity contribution in [2.24, 2.45) is 5.73 Å². The minimum Gasteiger partial charge on any atom is -0.372 e. The number of hydrogen-bond acceptors (Lipinski definition) is 6. The minimum absolute atomic E-state index is 0.138. The number of nitrogens with one attached hydrogen (secondary N) is 1. The Hall–Kier alpha value is -2.58. The van der Waals surface area contributed by atoms with E-state index in [2.05, 4.69) is 14.9 Å². The number of rotatable bonds is 4. The number of hydrogen-bond donors (Lipinski definition) is 2. The molecule has 2 atom stereocenters. The van der Waals surface area contributed by atoms with Gasteiger partial charge in [-0.25, -0.2) is 8.42 Å². The number of nitrogens with zero attached hydrogens (tertiary/aromatic N) is 3. The van der Waals surface area contributed by atoms with Gasteiger partial charge in [0.2, 0.25) is 0 Å². The lowest BCUT2D eigenvalue weighted by molar-refractivity contribution is 0.458. The second-order valence-electron chi connectivity index (χ2n) is 8.24. The molecule has 30 heavy (non-hydrogen) atoms. The van der Waals surface area contributed by atoms with E-state index in [0.717, 1.165) is 54.8 Å². The summed E-state index contributed by atoms with van der Waals surface area (Å²) in [5, 5.41) is -0.712. The Morgan fingerprint density at radius 3 is 2.77 bits per heavy atom. The molecular weight excluding hydrogens is 398 g/mol. The van der Waals surface area contributed by atoms with Crippen LogP contribution in [0.5, 0.6) is 0 Å². The first-order valence-corrected chi connectivity index (χ1v) is 12.1. The Kier molecular flexibility index (Phi) is 4.91. The maximum atomic E-state index is 13.8. The molecule has 3 aromatic rings.